The van der Waals surface area contributed by atoms with Crippen LogP contribution in [0.3, 0.4) is 0 Å². The zero-order valence-corrected chi connectivity index (χ0v) is 14.1. The molecule has 1 atom stereocenters. The minimum atomic E-state index is -0.112. The van der Waals surface area contributed by atoms with Crippen LogP contribution in [0.15, 0.2) is 79.1 Å². The van der Waals surface area contributed by atoms with Crippen LogP contribution in [-0.4, -0.2) is 10.9 Å². The van der Waals surface area contributed by atoms with E-state index in [4.69, 9.17) is 4.74 Å². The first kappa shape index (κ1) is 16.7. The van der Waals surface area contributed by atoms with Crippen molar-refractivity contribution in [3.8, 4) is 5.75 Å². The number of carbonyl (C=O) groups excluding carboxylic acids is 1. The summed E-state index contributed by atoms with van der Waals surface area (Å²) in [6.45, 7) is 2.45. The number of hydrogen-bond donors (Lipinski definition) is 1. The predicted molar refractivity (Wildman–Crippen MR) is 97.3 cm³/mol. The van der Waals surface area contributed by atoms with Crippen LogP contribution in [0, 0.1) is 0 Å². The van der Waals surface area contributed by atoms with Gasteiger partial charge in [-0.15, -0.1) is 0 Å². The SMILES string of the molecule is CC(NC(=O)c1ccc(OCc2ccccc2)cc1)c1ccncc1. The van der Waals surface area contributed by atoms with Crippen molar-refractivity contribution in [1.82, 2.24) is 10.3 Å². The summed E-state index contributed by atoms with van der Waals surface area (Å²) in [7, 11) is 0. The topological polar surface area (TPSA) is 51.2 Å². The van der Waals surface area contributed by atoms with Gasteiger partial charge in [0.25, 0.3) is 5.91 Å². The van der Waals surface area contributed by atoms with Gasteiger partial charge in [0.15, 0.2) is 0 Å². The largest absolute Gasteiger partial charge is 0.489 e. The van der Waals surface area contributed by atoms with E-state index in [9.17, 15) is 4.79 Å². The van der Waals surface area contributed by atoms with Crippen LogP contribution in [-0.2, 0) is 6.61 Å². The van der Waals surface area contributed by atoms with E-state index >= 15 is 0 Å². The number of hydrogen-bond acceptors (Lipinski definition) is 3. The molecule has 0 aliphatic rings. The highest BCUT2D eigenvalue weighted by molar-refractivity contribution is 5.94. The highest BCUT2D eigenvalue weighted by Crippen LogP contribution is 2.16. The van der Waals surface area contributed by atoms with E-state index in [1.54, 1.807) is 24.5 Å². The van der Waals surface area contributed by atoms with Gasteiger partial charge in [-0.05, 0) is 54.4 Å². The zero-order chi connectivity index (χ0) is 17.5. The maximum absolute atomic E-state index is 12.4. The van der Waals surface area contributed by atoms with E-state index in [2.05, 4.69) is 10.3 Å². The first-order valence-electron chi connectivity index (χ1n) is 8.20. The molecule has 0 radical (unpaired) electrons. The van der Waals surface area contributed by atoms with Crippen molar-refractivity contribution in [2.75, 3.05) is 0 Å². The summed E-state index contributed by atoms with van der Waals surface area (Å²) >= 11 is 0. The summed E-state index contributed by atoms with van der Waals surface area (Å²) in [4.78, 5) is 16.3. The number of pyridine rings is 1. The third kappa shape index (κ3) is 4.67. The molecule has 0 fully saturated rings. The average Bonchev–Trinajstić information content (AvgIpc) is 2.68. The van der Waals surface area contributed by atoms with Crippen LogP contribution in [0.2, 0.25) is 0 Å². The molecule has 1 amide bonds. The smallest absolute Gasteiger partial charge is 0.251 e. The molecular weight excluding hydrogens is 312 g/mol. The van der Waals surface area contributed by atoms with Gasteiger partial charge in [-0.1, -0.05) is 30.3 Å². The molecular formula is C21H20N2O2. The second kappa shape index (κ2) is 8.11. The van der Waals surface area contributed by atoms with Crippen molar-refractivity contribution in [1.29, 1.82) is 0 Å². The van der Waals surface area contributed by atoms with Gasteiger partial charge >= 0.3 is 0 Å². The minimum Gasteiger partial charge on any atom is -0.489 e. The van der Waals surface area contributed by atoms with Gasteiger partial charge in [-0.2, -0.15) is 0 Å². The number of nitrogens with one attached hydrogen (secondary N) is 1. The normalized spacial score (nSPS) is 11.6. The Balaban J connectivity index is 1.57. The Morgan fingerprint density at radius 1 is 1.00 bits per heavy atom. The molecule has 2 aromatic carbocycles. The molecule has 0 saturated heterocycles. The van der Waals surface area contributed by atoms with Crippen molar-refractivity contribution in [3.05, 3.63) is 95.8 Å². The number of benzene rings is 2. The summed E-state index contributed by atoms with van der Waals surface area (Å²) in [5, 5.41) is 2.98. The number of nitrogens with zero attached hydrogens (tertiary/aromatic N) is 1. The van der Waals surface area contributed by atoms with Gasteiger partial charge in [0, 0.05) is 18.0 Å². The van der Waals surface area contributed by atoms with Crippen molar-refractivity contribution in [3.63, 3.8) is 0 Å². The highest BCUT2D eigenvalue weighted by atomic mass is 16.5. The quantitative estimate of drug-likeness (QED) is 0.738. The van der Waals surface area contributed by atoms with Crippen molar-refractivity contribution in [2.24, 2.45) is 0 Å². The lowest BCUT2D eigenvalue weighted by Crippen LogP contribution is -2.26. The molecule has 25 heavy (non-hydrogen) atoms. The highest BCUT2D eigenvalue weighted by Gasteiger charge is 2.11. The monoisotopic (exact) mass is 332 g/mol. The lowest BCUT2D eigenvalue weighted by Gasteiger charge is -2.14. The van der Waals surface area contributed by atoms with E-state index < -0.39 is 0 Å². The van der Waals surface area contributed by atoms with Gasteiger partial charge in [0.2, 0.25) is 0 Å². The van der Waals surface area contributed by atoms with Gasteiger partial charge < -0.3 is 10.1 Å². The van der Waals surface area contributed by atoms with Gasteiger partial charge in [-0.25, -0.2) is 0 Å². The van der Waals surface area contributed by atoms with Gasteiger partial charge in [0.1, 0.15) is 12.4 Å². The van der Waals surface area contributed by atoms with Crippen LogP contribution in [0.5, 0.6) is 5.75 Å². The van der Waals surface area contributed by atoms with E-state index in [1.807, 2.05) is 61.5 Å². The summed E-state index contributed by atoms with van der Waals surface area (Å²) in [6, 6.07) is 20.9. The molecule has 3 rings (SSSR count). The Labute approximate surface area is 147 Å². The molecule has 1 unspecified atom stereocenters. The Hall–Kier alpha value is -3.14. The Morgan fingerprint density at radius 3 is 2.36 bits per heavy atom. The summed E-state index contributed by atoms with van der Waals surface area (Å²) < 4.78 is 5.74. The molecule has 0 saturated carbocycles. The fourth-order valence-corrected chi connectivity index (χ4v) is 2.46. The number of ether oxygens (including phenoxy) is 1. The maximum Gasteiger partial charge on any atom is 0.251 e. The Bertz CT molecular complexity index is 802. The van der Waals surface area contributed by atoms with Crippen molar-refractivity contribution >= 4 is 5.91 Å². The summed E-state index contributed by atoms with van der Waals surface area (Å²) in [5.74, 6) is 0.626. The first-order valence-corrected chi connectivity index (χ1v) is 8.20. The van der Waals surface area contributed by atoms with Crippen molar-refractivity contribution in [2.45, 2.75) is 19.6 Å². The third-order valence-corrected chi connectivity index (χ3v) is 3.92. The maximum atomic E-state index is 12.4. The molecule has 0 aliphatic heterocycles. The molecule has 3 aromatic rings. The Kier molecular flexibility index (Phi) is 5.42. The number of amides is 1. The zero-order valence-electron chi connectivity index (χ0n) is 14.1. The summed E-state index contributed by atoms with van der Waals surface area (Å²) in [5.41, 5.74) is 2.73. The van der Waals surface area contributed by atoms with Crippen LogP contribution in [0.4, 0.5) is 0 Å². The minimum absolute atomic E-state index is 0.0792. The fraction of sp³-hybridized carbons (Fsp3) is 0.143. The van der Waals surface area contributed by atoms with E-state index in [0.717, 1.165) is 16.9 Å². The fourth-order valence-electron chi connectivity index (χ4n) is 2.46. The molecule has 0 spiro atoms. The average molecular weight is 332 g/mol. The number of rotatable bonds is 6. The molecule has 126 valence electrons. The number of aromatic nitrogens is 1. The second-order valence-corrected chi connectivity index (χ2v) is 5.77. The van der Waals surface area contributed by atoms with Gasteiger partial charge in [0.05, 0.1) is 6.04 Å². The van der Waals surface area contributed by atoms with Crippen molar-refractivity contribution < 1.29 is 9.53 Å². The molecule has 1 N–H and O–H groups in total. The van der Waals surface area contributed by atoms with Crippen LogP contribution >= 0.6 is 0 Å². The second-order valence-electron chi connectivity index (χ2n) is 5.77. The lowest BCUT2D eigenvalue weighted by molar-refractivity contribution is 0.0940. The van der Waals surface area contributed by atoms with Gasteiger partial charge in [-0.3, -0.25) is 9.78 Å². The summed E-state index contributed by atoms with van der Waals surface area (Å²) in [6.07, 6.45) is 3.44. The molecule has 1 heterocycles. The molecule has 1 aromatic heterocycles. The molecule has 0 aliphatic carbocycles. The first-order chi connectivity index (χ1) is 12.2. The molecule has 0 bridgehead atoms. The Morgan fingerprint density at radius 2 is 1.68 bits per heavy atom. The molecule has 4 heteroatoms. The van der Waals surface area contributed by atoms with E-state index in [0.29, 0.717) is 12.2 Å². The van der Waals surface area contributed by atoms with E-state index in [1.165, 1.54) is 0 Å². The molecule has 4 nitrogen and oxygen atoms in total. The van der Waals surface area contributed by atoms with Crippen LogP contribution < -0.4 is 10.1 Å². The predicted octanol–water partition coefficient (Wildman–Crippen LogP) is 4.15. The lowest BCUT2D eigenvalue weighted by atomic mass is 10.1. The van der Waals surface area contributed by atoms with Crippen LogP contribution in [0.1, 0.15) is 34.5 Å². The number of carbonyl (C=O) groups is 1. The standard InChI is InChI=1S/C21H20N2O2/c1-16(18-11-13-22-14-12-18)23-21(24)19-7-9-20(10-8-19)25-15-17-5-3-2-4-6-17/h2-14,16H,15H2,1H3,(H,23,24). The third-order valence-electron chi connectivity index (χ3n) is 3.92. The van der Waals surface area contributed by atoms with Crippen LogP contribution in [0.25, 0.3) is 0 Å². The van der Waals surface area contributed by atoms with E-state index in [-0.39, 0.29) is 11.9 Å².